The molecular weight excluding hydrogens is 512 g/mol. The molecule has 42 heavy (non-hydrogen) atoms. The summed E-state index contributed by atoms with van der Waals surface area (Å²) in [7, 11) is 0. The van der Waals surface area contributed by atoms with Crippen LogP contribution in [0.1, 0.15) is 47.2 Å². The van der Waals surface area contributed by atoms with E-state index in [9.17, 15) is 0 Å². The van der Waals surface area contributed by atoms with Crippen molar-refractivity contribution >= 4 is 24.3 Å². The van der Waals surface area contributed by atoms with Crippen molar-refractivity contribution in [2.75, 3.05) is 13.2 Å². The highest BCUT2D eigenvalue weighted by Crippen LogP contribution is 2.35. The highest BCUT2D eigenvalue weighted by atomic mass is 16.5. The first-order valence-electron chi connectivity index (χ1n) is 14.7. The fourth-order valence-electron chi connectivity index (χ4n) is 4.93. The molecule has 0 atom stereocenters. The van der Waals surface area contributed by atoms with Crippen molar-refractivity contribution in [2.24, 2.45) is 0 Å². The third-order valence-corrected chi connectivity index (χ3v) is 7.24. The van der Waals surface area contributed by atoms with Gasteiger partial charge in [0.2, 0.25) is 0 Å². The molecule has 210 valence electrons. The Morgan fingerprint density at radius 2 is 0.810 bits per heavy atom. The van der Waals surface area contributed by atoms with Gasteiger partial charge in [-0.2, -0.15) is 0 Å². The van der Waals surface area contributed by atoms with Gasteiger partial charge in [-0.3, -0.25) is 0 Å². The van der Waals surface area contributed by atoms with Crippen molar-refractivity contribution in [3.05, 3.63) is 143 Å². The summed E-state index contributed by atoms with van der Waals surface area (Å²) < 4.78 is 11.3. The normalized spacial score (nSPS) is 11.3. The van der Waals surface area contributed by atoms with Crippen LogP contribution in [-0.2, 0) is 0 Å². The van der Waals surface area contributed by atoms with Gasteiger partial charge in [-0.25, -0.2) is 0 Å². The van der Waals surface area contributed by atoms with Gasteiger partial charge in [0.05, 0.1) is 13.2 Å². The Morgan fingerprint density at radius 1 is 0.452 bits per heavy atom. The van der Waals surface area contributed by atoms with Crippen LogP contribution in [0.4, 0.5) is 0 Å². The molecular formula is C40H38O2. The average molecular weight is 551 g/mol. The molecule has 0 aliphatic carbocycles. The number of aryl methyl sites for hydroxylation is 2. The van der Waals surface area contributed by atoms with Gasteiger partial charge < -0.3 is 9.47 Å². The molecule has 0 saturated heterocycles. The summed E-state index contributed by atoms with van der Waals surface area (Å²) in [5.74, 6) is 1.78. The molecule has 0 unspecified atom stereocenters. The van der Waals surface area contributed by atoms with Crippen LogP contribution < -0.4 is 9.47 Å². The number of hydrogen-bond acceptors (Lipinski definition) is 2. The Hall–Kier alpha value is -4.82. The van der Waals surface area contributed by atoms with Gasteiger partial charge in [-0.05, 0) is 109 Å². The van der Waals surface area contributed by atoms with Gasteiger partial charge in [0.1, 0.15) is 11.5 Å². The molecule has 5 rings (SSSR count). The quantitative estimate of drug-likeness (QED) is 0.161. The lowest BCUT2D eigenvalue weighted by Crippen LogP contribution is -1.92. The van der Waals surface area contributed by atoms with E-state index < -0.39 is 0 Å². The number of rotatable bonds is 10. The highest BCUT2D eigenvalue weighted by Gasteiger charge is 2.11. The molecule has 0 heterocycles. The van der Waals surface area contributed by atoms with Gasteiger partial charge in [0.15, 0.2) is 0 Å². The van der Waals surface area contributed by atoms with E-state index in [4.69, 9.17) is 9.47 Å². The van der Waals surface area contributed by atoms with E-state index >= 15 is 0 Å². The van der Waals surface area contributed by atoms with Gasteiger partial charge >= 0.3 is 0 Å². The maximum atomic E-state index is 5.63. The van der Waals surface area contributed by atoms with Crippen molar-refractivity contribution < 1.29 is 9.47 Å². The second-order valence-electron chi connectivity index (χ2n) is 10.4. The SMILES string of the molecule is CCOc1ccc(C=Cc2cc(-c3ccc(C)cc3)c(/C=C/c3ccc(OCC)cc3)cc2-c2ccc(C)cc2)cc1. The van der Waals surface area contributed by atoms with E-state index in [1.165, 1.54) is 44.5 Å². The molecule has 2 heteroatoms. The van der Waals surface area contributed by atoms with Crippen molar-refractivity contribution in [1.82, 2.24) is 0 Å². The lowest BCUT2D eigenvalue weighted by atomic mass is 9.89. The summed E-state index contributed by atoms with van der Waals surface area (Å²) in [5, 5.41) is 0. The lowest BCUT2D eigenvalue weighted by Gasteiger charge is -2.15. The number of benzene rings is 5. The second kappa shape index (κ2) is 13.7. The zero-order valence-corrected chi connectivity index (χ0v) is 24.9. The van der Waals surface area contributed by atoms with Gasteiger partial charge in [0.25, 0.3) is 0 Å². The third kappa shape index (κ3) is 7.27. The Bertz CT molecular complexity index is 1530. The van der Waals surface area contributed by atoms with Crippen molar-refractivity contribution in [3.63, 3.8) is 0 Å². The minimum Gasteiger partial charge on any atom is -0.494 e. The number of ether oxygens (including phenoxy) is 2. The van der Waals surface area contributed by atoms with Crippen molar-refractivity contribution in [1.29, 1.82) is 0 Å². The molecule has 0 radical (unpaired) electrons. The summed E-state index contributed by atoms with van der Waals surface area (Å²) in [6.07, 6.45) is 8.80. The highest BCUT2D eigenvalue weighted by molar-refractivity contribution is 5.90. The predicted molar refractivity (Wildman–Crippen MR) is 180 cm³/mol. The fourth-order valence-corrected chi connectivity index (χ4v) is 4.93. The fraction of sp³-hybridized carbons (Fsp3) is 0.150. The second-order valence-corrected chi connectivity index (χ2v) is 10.4. The summed E-state index contributed by atoms with van der Waals surface area (Å²) >= 11 is 0. The smallest absolute Gasteiger partial charge is 0.119 e. The monoisotopic (exact) mass is 550 g/mol. The van der Waals surface area contributed by atoms with Crippen LogP contribution >= 0.6 is 0 Å². The molecule has 0 amide bonds. The van der Waals surface area contributed by atoms with Crippen LogP contribution in [0, 0.1) is 13.8 Å². The molecule has 5 aromatic carbocycles. The Balaban J connectivity index is 1.62. The third-order valence-electron chi connectivity index (χ3n) is 7.24. The predicted octanol–water partition coefficient (Wildman–Crippen LogP) is 10.8. The summed E-state index contributed by atoms with van der Waals surface area (Å²) in [6, 6.07) is 38.7. The van der Waals surface area contributed by atoms with Crippen LogP contribution in [-0.4, -0.2) is 13.2 Å². The Morgan fingerprint density at radius 3 is 1.14 bits per heavy atom. The van der Waals surface area contributed by atoms with Crippen molar-refractivity contribution in [3.8, 4) is 33.8 Å². The summed E-state index contributed by atoms with van der Waals surface area (Å²) in [5.41, 5.74) is 11.9. The maximum absolute atomic E-state index is 5.63. The van der Waals surface area contributed by atoms with E-state index in [1.54, 1.807) is 0 Å². The topological polar surface area (TPSA) is 18.5 Å². The minimum absolute atomic E-state index is 0.663. The van der Waals surface area contributed by atoms with Crippen LogP contribution in [0.5, 0.6) is 11.5 Å². The van der Waals surface area contributed by atoms with E-state index in [0.29, 0.717) is 13.2 Å². The Kier molecular flexibility index (Phi) is 9.36. The zero-order valence-electron chi connectivity index (χ0n) is 24.9. The average Bonchev–Trinajstić information content (AvgIpc) is 3.01. The maximum Gasteiger partial charge on any atom is 0.119 e. The number of hydrogen-bond donors (Lipinski definition) is 0. The summed E-state index contributed by atoms with van der Waals surface area (Å²) in [4.78, 5) is 0. The Labute approximate surface area is 250 Å². The first-order chi connectivity index (χ1) is 20.5. The van der Waals surface area contributed by atoms with E-state index in [2.05, 4.69) is 123 Å². The van der Waals surface area contributed by atoms with E-state index in [-0.39, 0.29) is 0 Å². The molecule has 2 nitrogen and oxygen atoms in total. The first kappa shape index (κ1) is 28.7. The van der Waals surface area contributed by atoms with Gasteiger partial charge in [-0.15, -0.1) is 0 Å². The van der Waals surface area contributed by atoms with Crippen LogP contribution in [0.3, 0.4) is 0 Å². The molecule has 0 spiro atoms. The van der Waals surface area contributed by atoms with E-state index in [0.717, 1.165) is 22.6 Å². The van der Waals surface area contributed by atoms with Crippen LogP contribution in [0.2, 0.25) is 0 Å². The van der Waals surface area contributed by atoms with E-state index in [1.807, 2.05) is 38.1 Å². The molecule has 0 bridgehead atoms. The van der Waals surface area contributed by atoms with Crippen molar-refractivity contribution in [2.45, 2.75) is 27.7 Å². The molecule has 0 saturated carbocycles. The molecule has 5 aromatic rings. The zero-order chi connectivity index (χ0) is 29.3. The van der Waals surface area contributed by atoms with Gasteiger partial charge in [0, 0.05) is 0 Å². The lowest BCUT2D eigenvalue weighted by molar-refractivity contribution is 0.340. The molecule has 0 fully saturated rings. The van der Waals surface area contributed by atoms with Crippen LogP contribution in [0.15, 0.2) is 109 Å². The van der Waals surface area contributed by atoms with Crippen LogP contribution in [0.25, 0.3) is 46.6 Å². The molecule has 0 aliphatic heterocycles. The molecule has 0 N–H and O–H groups in total. The molecule has 0 aliphatic rings. The standard InChI is InChI=1S/C40H38O2/c1-5-41-37-23-13-31(14-24-37)11-21-35-27-40(34-19-9-30(4)10-20-34)36(28-39(35)33-17-7-29(3)8-18-33)22-12-32-15-25-38(26-16-32)42-6-2/h7-28H,5-6H2,1-4H3/b21-11+,22-12?. The first-order valence-corrected chi connectivity index (χ1v) is 14.7. The molecule has 0 aromatic heterocycles. The van der Waals surface area contributed by atoms with Gasteiger partial charge in [-0.1, -0.05) is 108 Å². The summed E-state index contributed by atoms with van der Waals surface area (Å²) in [6.45, 7) is 9.59. The largest absolute Gasteiger partial charge is 0.494 e. The minimum atomic E-state index is 0.663.